The van der Waals surface area contributed by atoms with Crippen LogP contribution in [0.5, 0.6) is 0 Å². The number of carbonyl (C=O) groups is 1. The molecule has 0 saturated heterocycles. The monoisotopic (exact) mass is 436 g/mol. The van der Waals surface area contributed by atoms with Crippen LogP contribution >= 0.6 is 0 Å². The zero-order valence-electron chi connectivity index (χ0n) is 17.0. The Balaban J connectivity index is 1.53. The summed E-state index contributed by atoms with van der Waals surface area (Å²) in [4.78, 5) is 16.7. The lowest BCUT2D eigenvalue weighted by molar-refractivity contribution is -0.137. The Kier molecular flexibility index (Phi) is 5.77. The minimum absolute atomic E-state index is 0.319. The highest BCUT2D eigenvalue weighted by Gasteiger charge is 2.30. The van der Waals surface area contributed by atoms with Crippen LogP contribution in [0.25, 0.3) is 22.4 Å². The van der Waals surface area contributed by atoms with E-state index in [9.17, 15) is 18.0 Å². The molecular formula is C24H19F3N4O. The topological polar surface area (TPSA) is 70.7 Å². The minimum Gasteiger partial charge on any atom is -0.326 e. The molecule has 162 valence electrons. The third-order valence-electron chi connectivity index (χ3n) is 5.18. The van der Waals surface area contributed by atoms with Crippen LogP contribution in [0.4, 0.5) is 18.9 Å². The lowest BCUT2D eigenvalue weighted by Crippen LogP contribution is -2.19. The molecule has 1 atom stereocenters. The molecule has 5 nitrogen and oxygen atoms in total. The number of carbonyl (C=O) groups excluding carboxylic acids is 1. The molecule has 4 aromatic rings. The summed E-state index contributed by atoms with van der Waals surface area (Å²) in [5.74, 6) is -0.943. The molecule has 0 saturated carbocycles. The second kappa shape index (κ2) is 8.66. The summed E-state index contributed by atoms with van der Waals surface area (Å²) in [6, 6.07) is 15.7. The quantitative estimate of drug-likeness (QED) is 0.409. The molecule has 0 aliphatic carbocycles. The van der Waals surface area contributed by atoms with Gasteiger partial charge in [-0.3, -0.25) is 14.9 Å². The number of nitrogens with zero attached hydrogens (tertiary/aromatic N) is 2. The first-order valence-electron chi connectivity index (χ1n) is 9.85. The SMILES string of the molecule is CC(C(=O)Nc1cccc(-c2[nH]ncc2-c2ccncc2)c1)c1ccc(C(F)(F)F)cc1. The van der Waals surface area contributed by atoms with Gasteiger partial charge < -0.3 is 5.32 Å². The van der Waals surface area contributed by atoms with Crippen molar-refractivity contribution >= 4 is 11.6 Å². The van der Waals surface area contributed by atoms with Crippen LogP contribution < -0.4 is 5.32 Å². The molecule has 2 heterocycles. The Morgan fingerprint density at radius 1 is 1.00 bits per heavy atom. The Bertz CT molecular complexity index is 1220. The van der Waals surface area contributed by atoms with Gasteiger partial charge in [0.2, 0.25) is 5.91 Å². The largest absolute Gasteiger partial charge is 0.416 e. The number of benzene rings is 2. The maximum atomic E-state index is 12.8. The molecule has 0 fully saturated rings. The number of amides is 1. The van der Waals surface area contributed by atoms with Gasteiger partial charge in [0, 0.05) is 29.2 Å². The smallest absolute Gasteiger partial charge is 0.326 e. The van der Waals surface area contributed by atoms with E-state index in [2.05, 4.69) is 20.5 Å². The van der Waals surface area contributed by atoms with E-state index >= 15 is 0 Å². The van der Waals surface area contributed by atoms with Crippen molar-refractivity contribution in [2.75, 3.05) is 5.32 Å². The number of nitrogens with one attached hydrogen (secondary N) is 2. The van der Waals surface area contributed by atoms with Gasteiger partial charge in [-0.1, -0.05) is 24.3 Å². The Hall–Kier alpha value is -3.94. The summed E-state index contributed by atoms with van der Waals surface area (Å²) in [7, 11) is 0. The van der Waals surface area contributed by atoms with E-state index < -0.39 is 17.7 Å². The maximum absolute atomic E-state index is 12.8. The van der Waals surface area contributed by atoms with Crippen molar-refractivity contribution in [2.45, 2.75) is 19.0 Å². The lowest BCUT2D eigenvalue weighted by atomic mass is 9.98. The van der Waals surface area contributed by atoms with E-state index in [0.717, 1.165) is 34.5 Å². The number of hydrogen-bond donors (Lipinski definition) is 2. The molecule has 1 amide bonds. The third kappa shape index (κ3) is 4.54. The second-order valence-corrected chi connectivity index (χ2v) is 7.31. The van der Waals surface area contributed by atoms with E-state index in [0.29, 0.717) is 11.3 Å². The molecule has 2 aromatic heterocycles. The zero-order chi connectivity index (χ0) is 22.7. The van der Waals surface area contributed by atoms with Gasteiger partial charge in [-0.25, -0.2) is 0 Å². The number of hydrogen-bond acceptors (Lipinski definition) is 3. The van der Waals surface area contributed by atoms with Gasteiger partial charge in [-0.15, -0.1) is 0 Å². The van der Waals surface area contributed by atoms with Crippen LogP contribution in [0, 0.1) is 0 Å². The van der Waals surface area contributed by atoms with Crippen molar-refractivity contribution in [3.8, 4) is 22.4 Å². The zero-order valence-corrected chi connectivity index (χ0v) is 17.0. The van der Waals surface area contributed by atoms with Gasteiger partial charge in [-0.2, -0.15) is 18.3 Å². The normalized spacial score (nSPS) is 12.4. The van der Waals surface area contributed by atoms with Crippen molar-refractivity contribution in [3.05, 3.63) is 90.4 Å². The maximum Gasteiger partial charge on any atom is 0.416 e. The Morgan fingerprint density at radius 3 is 2.41 bits per heavy atom. The van der Waals surface area contributed by atoms with Crippen LogP contribution in [0.1, 0.15) is 24.0 Å². The molecule has 2 aromatic carbocycles. The van der Waals surface area contributed by atoms with E-state index in [1.165, 1.54) is 12.1 Å². The molecule has 1 unspecified atom stereocenters. The molecule has 0 spiro atoms. The first-order chi connectivity index (χ1) is 15.3. The average Bonchev–Trinajstić information content (AvgIpc) is 3.29. The minimum atomic E-state index is -4.41. The predicted octanol–water partition coefficient (Wildman–Crippen LogP) is 5.90. The fraction of sp³-hybridized carbons (Fsp3) is 0.125. The summed E-state index contributed by atoms with van der Waals surface area (Å²) in [5, 5.41) is 9.98. The van der Waals surface area contributed by atoms with Gasteiger partial charge in [0.05, 0.1) is 23.4 Å². The number of aromatic amines is 1. The molecular weight excluding hydrogens is 417 g/mol. The second-order valence-electron chi connectivity index (χ2n) is 7.31. The fourth-order valence-corrected chi connectivity index (χ4v) is 3.37. The van der Waals surface area contributed by atoms with E-state index in [-0.39, 0.29) is 5.91 Å². The summed E-state index contributed by atoms with van der Waals surface area (Å²) in [6.45, 7) is 1.65. The Labute approximate surface area is 182 Å². The van der Waals surface area contributed by atoms with Gasteiger partial charge >= 0.3 is 6.18 Å². The highest BCUT2D eigenvalue weighted by molar-refractivity contribution is 5.96. The third-order valence-corrected chi connectivity index (χ3v) is 5.18. The molecule has 32 heavy (non-hydrogen) atoms. The highest BCUT2D eigenvalue weighted by atomic mass is 19.4. The highest BCUT2D eigenvalue weighted by Crippen LogP contribution is 2.32. The van der Waals surface area contributed by atoms with Crippen LogP contribution in [-0.4, -0.2) is 21.1 Å². The van der Waals surface area contributed by atoms with Crippen molar-refractivity contribution in [2.24, 2.45) is 0 Å². The molecule has 2 N–H and O–H groups in total. The van der Waals surface area contributed by atoms with E-state index in [1.807, 2.05) is 30.3 Å². The van der Waals surface area contributed by atoms with E-state index in [1.54, 1.807) is 31.6 Å². The summed E-state index contributed by atoms with van der Waals surface area (Å²) in [6.07, 6.45) is 0.714. The molecule has 0 aliphatic heterocycles. The first kappa shape index (κ1) is 21.3. The number of alkyl halides is 3. The molecule has 0 radical (unpaired) electrons. The first-order valence-corrected chi connectivity index (χ1v) is 9.85. The van der Waals surface area contributed by atoms with Gasteiger partial charge in [0.25, 0.3) is 0 Å². The van der Waals surface area contributed by atoms with Gasteiger partial charge in [0.1, 0.15) is 0 Å². The van der Waals surface area contributed by atoms with Gasteiger partial charge in [-0.05, 0) is 54.4 Å². The summed E-state index contributed by atoms with van der Waals surface area (Å²) in [5.41, 5.74) is 3.80. The summed E-state index contributed by atoms with van der Waals surface area (Å²) >= 11 is 0. The Morgan fingerprint density at radius 2 is 1.72 bits per heavy atom. The number of pyridine rings is 1. The van der Waals surface area contributed by atoms with Gasteiger partial charge in [0.15, 0.2) is 0 Å². The van der Waals surface area contributed by atoms with Crippen molar-refractivity contribution < 1.29 is 18.0 Å². The van der Waals surface area contributed by atoms with Crippen molar-refractivity contribution in [1.29, 1.82) is 0 Å². The molecule has 0 bridgehead atoms. The molecule has 8 heteroatoms. The predicted molar refractivity (Wildman–Crippen MR) is 116 cm³/mol. The lowest BCUT2D eigenvalue weighted by Gasteiger charge is -2.14. The van der Waals surface area contributed by atoms with Crippen LogP contribution in [0.15, 0.2) is 79.3 Å². The van der Waals surface area contributed by atoms with Crippen LogP contribution in [0.3, 0.4) is 0 Å². The number of H-pyrrole nitrogens is 1. The number of aromatic nitrogens is 3. The fourth-order valence-electron chi connectivity index (χ4n) is 3.37. The summed E-state index contributed by atoms with van der Waals surface area (Å²) < 4.78 is 38.3. The van der Waals surface area contributed by atoms with Crippen molar-refractivity contribution in [1.82, 2.24) is 15.2 Å². The van der Waals surface area contributed by atoms with Crippen LogP contribution in [-0.2, 0) is 11.0 Å². The number of anilines is 1. The average molecular weight is 436 g/mol. The standard InChI is InChI=1S/C24H19F3N4O/c1-15(16-5-7-19(8-6-16)24(25,26)27)23(32)30-20-4-2-3-18(13-20)22-21(14-29-31-22)17-9-11-28-12-10-17/h2-15H,1H3,(H,29,31)(H,30,32). The van der Waals surface area contributed by atoms with Crippen LogP contribution in [0.2, 0.25) is 0 Å². The number of halogens is 3. The van der Waals surface area contributed by atoms with E-state index in [4.69, 9.17) is 0 Å². The number of rotatable bonds is 5. The van der Waals surface area contributed by atoms with Crippen molar-refractivity contribution in [3.63, 3.8) is 0 Å². The molecule has 4 rings (SSSR count). The molecule has 0 aliphatic rings.